The molecule has 2 heterocycles. The zero-order valence-corrected chi connectivity index (χ0v) is 12.0. The Morgan fingerprint density at radius 2 is 2.24 bits per heavy atom. The molecule has 0 saturated carbocycles. The standard InChI is InChI=1S/C16H21N3O2/c20-12-16(17-10-15-7-4-8-21-15)13-9-18-19(11-13)14-5-2-1-3-6-14/h1-3,5-6,9,11,15-17,20H,4,7-8,10,12H2. The highest BCUT2D eigenvalue weighted by Crippen LogP contribution is 2.16. The van der Waals surface area contributed by atoms with Crippen LogP contribution in [0.4, 0.5) is 0 Å². The monoisotopic (exact) mass is 287 g/mol. The molecule has 0 radical (unpaired) electrons. The molecule has 1 fully saturated rings. The van der Waals surface area contributed by atoms with E-state index >= 15 is 0 Å². The number of nitrogens with one attached hydrogen (secondary N) is 1. The lowest BCUT2D eigenvalue weighted by Crippen LogP contribution is -2.31. The predicted molar refractivity (Wildman–Crippen MR) is 80.4 cm³/mol. The molecule has 21 heavy (non-hydrogen) atoms. The van der Waals surface area contributed by atoms with Crippen LogP contribution in [-0.4, -0.2) is 40.7 Å². The number of hydrogen-bond acceptors (Lipinski definition) is 4. The third-order valence-electron chi connectivity index (χ3n) is 3.82. The zero-order chi connectivity index (χ0) is 14.5. The van der Waals surface area contributed by atoms with Gasteiger partial charge in [0.15, 0.2) is 0 Å². The zero-order valence-electron chi connectivity index (χ0n) is 12.0. The van der Waals surface area contributed by atoms with Gasteiger partial charge in [-0.1, -0.05) is 18.2 Å². The Morgan fingerprint density at radius 1 is 1.38 bits per heavy atom. The summed E-state index contributed by atoms with van der Waals surface area (Å²) in [5.41, 5.74) is 2.00. The van der Waals surface area contributed by atoms with Crippen LogP contribution in [0, 0.1) is 0 Å². The number of para-hydroxylation sites is 1. The average Bonchev–Trinajstić information content (AvgIpc) is 3.20. The first-order valence-corrected chi connectivity index (χ1v) is 7.42. The molecule has 1 aliphatic rings. The second kappa shape index (κ2) is 6.85. The van der Waals surface area contributed by atoms with Crippen molar-refractivity contribution in [3.63, 3.8) is 0 Å². The maximum absolute atomic E-state index is 9.59. The SMILES string of the molecule is OCC(NCC1CCCO1)c1cnn(-c2ccccc2)c1. The van der Waals surface area contributed by atoms with Crippen molar-refractivity contribution in [3.8, 4) is 5.69 Å². The molecule has 0 amide bonds. The molecule has 2 atom stereocenters. The molecule has 0 spiro atoms. The highest BCUT2D eigenvalue weighted by molar-refractivity contribution is 5.31. The summed E-state index contributed by atoms with van der Waals surface area (Å²) in [6.45, 7) is 1.66. The van der Waals surface area contributed by atoms with Gasteiger partial charge in [-0.25, -0.2) is 4.68 Å². The van der Waals surface area contributed by atoms with Gasteiger partial charge >= 0.3 is 0 Å². The molecule has 0 aliphatic carbocycles. The van der Waals surface area contributed by atoms with Gasteiger partial charge in [-0.15, -0.1) is 0 Å². The minimum atomic E-state index is -0.105. The third-order valence-corrected chi connectivity index (χ3v) is 3.82. The summed E-state index contributed by atoms with van der Waals surface area (Å²) in [5, 5.41) is 17.3. The topological polar surface area (TPSA) is 59.3 Å². The molecule has 1 saturated heterocycles. The first kappa shape index (κ1) is 14.3. The minimum Gasteiger partial charge on any atom is -0.394 e. The molecule has 1 aromatic heterocycles. The van der Waals surface area contributed by atoms with Gasteiger partial charge in [0.25, 0.3) is 0 Å². The Morgan fingerprint density at radius 3 is 2.95 bits per heavy atom. The van der Waals surface area contributed by atoms with Crippen molar-refractivity contribution in [2.24, 2.45) is 0 Å². The van der Waals surface area contributed by atoms with Gasteiger partial charge in [0, 0.05) is 24.9 Å². The number of rotatable bonds is 6. The summed E-state index contributed by atoms with van der Waals surface area (Å²) in [7, 11) is 0. The molecular formula is C16H21N3O2. The molecule has 2 aromatic rings. The fourth-order valence-corrected chi connectivity index (χ4v) is 2.61. The molecule has 1 aliphatic heterocycles. The van der Waals surface area contributed by atoms with Crippen molar-refractivity contribution >= 4 is 0 Å². The van der Waals surface area contributed by atoms with Crippen LogP contribution < -0.4 is 5.32 Å². The van der Waals surface area contributed by atoms with Crippen LogP contribution in [0.15, 0.2) is 42.7 Å². The van der Waals surface area contributed by atoms with E-state index in [4.69, 9.17) is 4.74 Å². The Balaban J connectivity index is 1.65. The second-order valence-corrected chi connectivity index (χ2v) is 5.33. The van der Waals surface area contributed by atoms with Crippen molar-refractivity contribution in [3.05, 3.63) is 48.3 Å². The number of hydrogen-bond donors (Lipinski definition) is 2. The van der Waals surface area contributed by atoms with Crippen molar-refractivity contribution < 1.29 is 9.84 Å². The van der Waals surface area contributed by atoms with Crippen LogP contribution >= 0.6 is 0 Å². The van der Waals surface area contributed by atoms with Gasteiger partial charge < -0.3 is 15.2 Å². The number of benzene rings is 1. The number of aliphatic hydroxyl groups excluding tert-OH is 1. The van der Waals surface area contributed by atoms with E-state index in [-0.39, 0.29) is 18.8 Å². The normalized spacial score (nSPS) is 19.8. The van der Waals surface area contributed by atoms with Crippen molar-refractivity contribution in [2.75, 3.05) is 19.8 Å². The molecule has 0 bridgehead atoms. The smallest absolute Gasteiger partial charge is 0.0700 e. The molecule has 1 aromatic carbocycles. The number of nitrogens with zero attached hydrogens (tertiary/aromatic N) is 2. The van der Waals surface area contributed by atoms with E-state index in [0.29, 0.717) is 0 Å². The fraction of sp³-hybridized carbons (Fsp3) is 0.438. The first-order valence-electron chi connectivity index (χ1n) is 7.42. The quantitative estimate of drug-likeness (QED) is 0.848. The van der Waals surface area contributed by atoms with Crippen LogP contribution in [-0.2, 0) is 4.74 Å². The fourth-order valence-electron chi connectivity index (χ4n) is 2.61. The Labute approximate surface area is 124 Å². The lowest BCUT2D eigenvalue weighted by molar-refractivity contribution is 0.104. The molecule has 5 nitrogen and oxygen atoms in total. The lowest BCUT2D eigenvalue weighted by Gasteiger charge is -2.17. The van der Waals surface area contributed by atoms with Crippen LogP contribution in [0.5, 0.6) is 0 Å². The third kappa shape index (κ3) is 3.50. The summed E-state index contributed by atoms with van der Waals surface area (Å²) >= 11 is 0. The molecular weight excluding hydrogens is 266 g/mol. The van der Waals surface area contributed by atoms with E-state index < -0.39 is 0 Å². The van der Waals surface area contributed by atoms with Gasteiger partial charge in [-0.2, -0.15) is 5.10 Å². The molecule has 112 valence electrons. The Hall–Kier alpha value is -1.69. The van der Waals surface area contributed by atoms with E-state index in [1.165, 1.54) is 0 Å². The van der Waals surface area contributed by atoms with Crippen LogP contribution in [0.3, 0.4) is 0 Å². The van der Waals surface area contributed by atoms with Crippen LogP contribution in [0.25, 0.3) is 5.69 Å². The number of ether oxygens (including phenoxy) is 1. The van der Waals surface area contributed by atoms with Crippen LogP contribution in [0.2, 0.25) is 0 Å². The molecule has 2 N–H and O–H groups in total. The summed E-state index contributed by atoms with van der Waals surface area (Å²) in [4.78, 5) is 0. The molecule has 2 unspecified atom stereocenters. The van der Waals surface area contributed by atoms with Crippen molar-refractivity contribution in [2.45, 2.75) is 25.0 Å². The maximum atomic E-state index is 9.59. The van der Waals surface area contributed by atoms with E-state index in [2.05, 4.69) is 10.4 Å². The van der Waals surface area contributed by atoms with E-state index in [0.717, 1.165) is 37.2 Å². The highest BCUT2D eigenvalue weighted by Gasteiger charge is 2.18. The first-order chi connectivity index (χ1) is 10.4. The van der Waals surface area contributed by atoms with Crippen molar-refractivity contribution in [1.29, 1.82) is 0 Å². The molecule has 3 rings (SSSR count). The Bertz CT molecular complexity index is 550. The number of aliphatic hydroxyl groups is 1. The van der Waals surface area contributed by atoms with Gasteiger partial charge in [0.05, 0.1) is 30.6 Å². The predicted octanol–water partition coefficient (Wildman–Crippen LogP) is 1.67. The van der Waals surface area contributed by atoms with E-state index in [1.54, 1.807) is 6.20 Å². The lowest BCUT2D eigenvalue weighted by atomic mass is 10.1. The summed E-state index contributed by atoms with van der Waals surface area (Å²) in [6.07, 6.45) is 6.24. The number of aromatic nitrogens is 2. The highest BCUT2D eigenvalue weighted by atomic mass is 16.5. The van der Waals surface area contributed by atoms with E-state index in [1.807, 2.05) is 41.2 Å². The van der Waals surface area contributed by atoms with E-state index in [9.17, 15) is 5.11 Å². The summed E-state index contributed by atoms with van der Waals surface area (Å²) < 4.78 is 7.42. The van der Waals surface area contributed by atoms with Gasteiger partial charge in [0.1, 0.15) is 0 Å². The summed E-state index contributed by atoms with van der Waals surface area (Å²) in [6, 6.07) is 9.85. The van der Waals surface area contributed by atoms with Gasteiger partial charge in [-0.3, -0.25) is 0 Å². The largest absolute Gasteiger partial charge is 0.394 e. The molecule has 5 heteroatoms. The minimum absolute atomic E-state index is 0.0488. The van der Waals surface area contributed by atoms with Gasteiger partial charge in [-0.05, 0) is 25.0 Å². The second-order valence-electron chi connectivity index (χ2n) is 5.33. The maximum Gasteiger partial charge on any atom is 0.0700 e. The average molecular weight is 287 g/mol. The Kier molecular flexibility index (Phi) is 4.65. The van der Waals surface area contributed by atoms with Gasteiger partial charge in [0.2, 0.25) is 0 Å². The van der Waals surface area contributed by atoms with Crippen molar-refractivity contribution in [1.82, 2.24) is 15.1 Å². The van der Waals surface area contributed by atoms with Crippen LogP contribution in [0.1, 0.15) is 24.4 Å². The summed E-state index contributed by atoms with van der Waals surface area (Å²) in [5.74, 6) is 0.